The van der Waals surface area contributed by atoms with Crippen LogP contribution in [0.15, 0.2) is 42.5 Å². The van der Waals surface area contributed by atoms with Crippen molar-refractivity contribution in [3.05, 3.63) is 48.0 Å². The van der Waals surface area contributed by atoms with E-state index in [4.69, 9.17) is 10.5 Å². The molecule has 0 fully saturated rings. The number of nitrogens with one attached hydrogen (secondary N) is 1. The summed E-state index contributed by atoms with van der Waals surface area (Å²) in [6, 6.07) is 14.1. The molecule has 1 atom stereocenters. The van der Waals surface area contributed by atoms with Crippen LogP contribution in [0.2, 0.25) is 0 Å². The highest BCUT2D eigenvalue weighted by Crippen LogP contribution is 2.18. The van der Waals surface area contributed by atoms with E-state index in [1.807, 2.05) is 30.3 Å². The molecule has 5 heteroatoms. The molecule has 2 aromatic rings. The summed E-state index contributed by atoms with van der Waals surface area (Å²) in [5, 5.41) is 5.16. The molecule has 2 rings (SSSR count). The number of hydrogen-bond donors (Lipinski definition) is 2. The molecule has 1 unspecified atom stereocenters. The third-order valence-corrected chi connectivity index (χ3v) is 3.12. The molecule has 20 heavy (non-hydrogen) atoms. The van der Waals surface area contributed by atoms with Gasteiger partial charge in [0.05, 0.1) is 0 Å². The lowest BCUT2D eigenvalue weighted by molar-refractivity contribution is -0.130. The van der Waals surface area contributed by atoms with E-state index in [1.54, 1.807) is 0 Å². The molecule has 0 saturated heterocycles. The van der Waals surface area contributed by atoms with Gasteiger partial charge < -0.3 is 15.8 Å². The maximum absolute atomic E-state index is 11.8. The number of ether oxygens (including phenoxy) is 1. The number of rotatable bonds is 5. The summed E-state index contributed by atoms with van der Waals surface area (Å²) in [6.07, 6.45) is -0.588. The van der Waals surface area contributed by atoms with E-state index < -0.39 is 6.10 Å². The van der Waals surface area contributed by atoms with E-state index in [1.165, 1.54) is 7.11 Å². The normalized spacial score (nSPS) is 11.7. The van der Waals surface area contributed by atoms with Gasteiger partial charge in [0, 0.05) is 20.2 Å². The Labute approximate surface area is 124 Å². The lowest BCUT2D eigenvalue weighted by atomic mass is 10.0. The van der Waals surface area contributed by atoms with Gasteiger partial charge in [0.25, 0.3) is 5.91 Å². The minimum absolute atomic E-state index is 0. The predicted octanol–water partition coefficient (Wildman–Crippen LogP) is 1.85. The highest BCUT2D eigenvalue weighted by atomic mass is 35.5. The molecule has 0 radical (unpaired) electrons. The Kier molecular flexibility index (Phi) is 6.45. The van der Waals surface area contributed by atoms with Gasteiger partial charge in [-0.3, -0.25) is 4.79 Å². The lowest BCUT2D eigenvalue weighted by Crippen LogP contribution is -2.40. The summed E-state index contributed by atoms with van der Waals surface area (Å²) in [4.78, 5) is 11.8. The molecule has 4 nitrogen and oxygen atoms in total. The van der Waals surface area contributed by atoms with Crippen molar-refractivity contribution in [2.45, 2.75) is 12.6 Å². The van der Waals surface area contributed by atoms with Crippen molar-refractivity contribution < 1.29 is 9.53 Å². The highest BCUT2D eigenvalue weighted by molar-refractivity contribution is 5.86. The first kappa shape index (κ1) is 16.4. The number of nitrogens with two attached hydrogens (primary N) is 1. The number of carbonyl (C=O) groups is 1. The molecular formula is C15H19ClN2O2. The number of benzene rings is 2. The summed E-state index contributed by atoms with van der Waals surface area (Å²) in [5.74, 6) is -0.182. The Bertz CT molecular complexity index is 565. The smallest absolute Gasteiger partial charge is 0.250 e. The van der Waals surface area contributed by atoms with Gasteiger partial charge in [0.1, 0.15) is 6.10 Å². The van der Waals surface area contributed by atoms with Crippen LogP contribution in [0.25, 0.3) is 10.8 Å². The second-order valence-corrected chi connectivity index (χ2v) is 4.32. The van der Waals surface area contributed by atoms with E-state index in [9.17, 15) is 4.79 Å². The molecular weight excluding hydrogens is 276 g/mol. The van der Waals surface area contributed by atoms with E-state index in [-0.39, 0.29) is 24.9 Å². The van der Waals surface area contributed by atoms with Crippen LogP contribution >= 0.6 is 12.4 Å². The Balaban J connectivity index is 0.00000200. The summed E-state index contributed by atoms with van der Waals surface area (Å²) in [5.41, 5.74) is 6.54. The number of amides is 1. The van der Waals surface area contributed by atoms with Crippen LogP contribution in [-0.4, -0.2) is 25.7 Å². The van der Waals surface area contributed by atoms with Crippen molar-refractivity contribution in [2.75, 3.05) is 13.7 Å². The number of methoxy groups -OCH3 is 1. The van der Waals surface area contributed by atoms with Gasteiger partial charge in [-0.15, -0.1) is 12.4 Å². The zero-order chi connectivity index (χ0) is 13.7. The van der Waals surface area contributed by atoms with Crippen LogP contribution in [0.1, 0.15) is 5.56 Å². The van der Waals surface area contributed by atoms with Crippen LogP contribution in [0.3, 0.4) is 0 Å². The first-order chi connectivity index (χ1) is 9.26. The number of hydrogen-bond acceptors (Lipinski definition) is 3. The molecule has 0 aliphatic heterocycles. The Hall–Kier alpha value is -1.62. The summed E-state index contributed by atoms with van der Waals surface area (Å²) in [6.45, 7) is 0.651. The average molecular weight is 295 g/mol. The maximum Gasteiger partial charge on any atom is 0.250 e. The predicted molar refractivity (Wildman–Crippen MR) is 82.9 cm³/mol. The summed E-state index contributed by atoms with van der Waals surface area (Å²) in [7, 11) is 1.48. The van der Waals surface area contributed by atoms with Gasteiger partial charge >= 0.3 is 0 Å². The van der Waals surface area contributed by atoms with Crippen molar-refractivity contribution in [2.24, 2.45) is 5.73 Å². The molecule has 1 amide bonds. The number of carbonyl (C=O) groups excluding carboxylic acids is 1. The molecule has 0 saturated carbocycles. The van der Waals surface area contributed by atoms with Crippen molar-refractivity contribution >= 4 is 29.1 Å². The standard InChI is InChI=1S/C15H18N2O2.ClH/c1-19-14(9-16)15(18)17-10-12-7-4-6-11-5-2-3-8-13(11)12;/h2-8,14H,9-10,16H2,1H3,(H,17,18);1H. The topological polar surface area (TPSA) is 64.3 Å². The largest absolute Gasteiger partial charge is 0.370 e. The lowest BCUT2D eigenvalue weighted by Gasteiger charge is -2.14. The van der Waals surface area contributed by atoms with Gasteiger partial charge in [0.15, 0.2) is 0 Å². The molecule has 0 aromatic heterocycles. The summed E-state index contributed by atoms with van der Waals surface area (Å²) < 4.78 is 5.00. The molecule has 2 aromatic carbocycles. The third-order valence-electron chi connectivity index (χ3n) is 3.12. The van der Waals surface area contributed by atoms with E-state index in [0.717, 1.165) is 16.3 Å². The van der Waals surface area contributed by atoms with Crippen LogP contribution in [0.5, 0.6) is 0 Å². The fourth-order valence-corrected chi connectivity index (χ4v) is 2.05. The van der Waals surface area contributed by atoms with Gasteiger partial charge in [-0.25, -0.2) is 0 Å². The van der Waals surface area contributed by atoms with Crippen molar-refractivity contribution in [3.63, 3.8) is 0 Å². The quantitative estimate of drug-likeness (QED) is 0.884. The molecule has 0 spiro atoms. The van der Waals surface area contributed by atoms with Crippen molar-refractivity contribution in [1.29, 1.82) is 0 Å². The van der Waals surface area contributed by atoms with Gasteiger partial charge in [0.2, 0.25) is 0 Å². The van der Waals surface area contributed by atoms with Gasteiger partial charge in [-0.2, -0.15) is 0 Å². The van der Waals surface area contributed by atoms with Crippen molar-refractivity contribution in [3.8, 4) is 0 Å². The molecule has 3 N–H and O–H groups in total. The zero-order valence-corrected chi connectivity index (χ0v) is 12.2. The second kappa shape index (κ2) is 7.85. The van der Waals surface area contributed by atoms with E-state index in [2.05, 4.69) is 17.4 Å². The zero-order valence-electron chi connectivity index (χ0n) is 11.3. The molecule has 0 bridgehead atoms. The van der Waals surface area contributed by atoms with Crippen LogP contribution in [0.4, 0.5) is 0 Å². The first-order valence-electron chi connectivity index (χ1n) is 6.23. The maximum atomic E-state index is 11.8. The van der Waals surface area contributed by atoms with Crippen LogP contribution in [-0.2, 0) is 16.1 Å². The monoisotopic (exact) mass is 294 g/mol. The van der Waals surface area contributed by atoms with Gasteiger partial charge in [-0.05, 0) is 16.3 Å². The molecule has 108 valence electrons. The molecule has 0 aliphatic carbocycles. The van der Waals surface area contributed by atoms with E-state index >= 15 is 0 Å². The van der Waals surface area contributed by atoms with Crippen molar-refractivity contribution in [1.82, 2.24) is 5.32 Å². The SMILES string of the molecule is COC(CN)C(=O)NCc1cccc2ccccc12.Cl. The Morgan fingerprint density at radius 3 is 2.65 bits per heavy atom. The number of fused-ring (bicyclic) bond motifs is 1. The van der Waals surface area contributed by atoms with Gasteiger partial charge in [-0.1, -0.05) is 42.5 Å². The molecule has 0 heterocycles. The Morgan fingerprint density at radius 1 is 1.25 bits per heavy atom. The first-order valence-corrected chi connectivity index (χ1v) is 6.23. The molecule has 0 aliphatic rings. The van der Waals surface area contributed by atoms with Crippen LogP contribution < -0.4 is 11.1 Å². The average Bonchev–Trinajstić information content (AvgIpc) is 2.46. The van der Waals surface area contributed by atoms with E-state index in [0.29, 0.717) is 6.54 Å². The number of halogens is 1. The fraction of sp³-hybridized carbons (Fsp3) is 0.267. The minimum atomic E-state index is -0.588. The Morgan fingerprint density at radius 2 is 1.95 bits per heavy atom. The minimum Gasteiger partial charge on any atom is -0.370 e. The highest BCUT2D eigenvalue weighted by Gasteiger charge is 2.15. The van der Waals surface area contributed by atoms with Crippen LogP contribution in [0, 0.1) is 0 Å². The third kappa shape index (κ3) is 3.70. The second-order valence-electron chi connectivity index (χ2n) is 4.32. The fourth-order valence-electron chi connectivity index (χ4n) is 2.05. The summed E-state index contributed by atoms with van der Waals surface area (Å²) >= 11 is 0.